The van der Waals surface area contributed by atoms with Crippen LogP contribution in [0.4, 0.5) is 0 Å². The Hall–Kier alpha value is -1.75. The van der Waals surface area contributed by atoms with Gasteiger partial charge in [-0.15, -0.1) is 0 Å². The summed E-state index contributed by atoms with van der Waals surface area (Å²) in [4.78, 5) is 15.5. The Kier molecular flexibility index (Phi) is 7.12. The lowest BCUT2D eigenvalue weighted by Crippen LogP contribution is -2.53. The van der Waals surface area contributed by atoms with Gasteiger partial charge in [0.1, 0.15) is 0 Å². The maximum absolute atomic E-state index is 13.4. The predicted octanol–water partition coefficient (Wildman–Crippen LogP) is 2.35. The summed E-state index contributed by atoms with van der Waals surface area (Å²) in [6.07, 6.45) is 8.21. The van der Waals surface area contributed by atoms with Crippen LogP contribution in [0.2, 0.25) is 0 Å². The Morgan fingerprint density at radius 1 is 1.32 bits per heavy atom. The molecule has 1 aliphatic rings. The molecular weight excluding hydrogens is 312 g/mol. The van der Waals surface area contributed by atoms with Gasteiger partial charge in [-0.3, -0.25) is 9.69 Å². The summed E-state index contributed by atoms with van der Waals surface area (Å²) in [7, 11) is 3.98. The number of aliphatic hydroxyl groups excluding tert-OH is 1. The highest BCUT2D eigenvalue weighted by molar-refractivity contribution is 6.05. The van der Waals surface area contributed by atoms with E-state index >= 15 is 0 Å². The summed E-state index contributed by atoms with van der Waals surface area (Å²) >= 11 is 0. The number of nitrogens with one attached hydrogen (secondary N) is 1. The van der Waals surface area contributed by atoms with Crippen molar-refractivity contribution < 1.29 is 9.90 Å². The summed E-state index contributed by atoms with van der Waals surface area (Å²) in [5, 5.41) is 12.2. The number of Topliss-reactive ketones (excluding diaryl/α,β-unsaturated/α-hetero) is 1. The lowest BCUT2D eigenvalue weighted by atomic mass is 9.79. The van der Waals surface area contributed by atoms with Gasteiger partial charge in [-0.05, 0) is 38.9 Å². The highest BCUT2D eigenvalue weighted by atomic mass is 16.3. The molecule has 25 heavy (non-hydrogen) atoms. The van der Waals surface area contributed by atoms with Crippen molar-refractivity contribution in [2.45, 2.75) is 37.8 Å². The first-order valence-corrected chi connectivity index (χ1v) is 9.02. The molecule has 2 atom stereocenters. The molecule has 2 unspecified atom stereocenters. The molecule has 0 fully saturated rings. The third-order valence-electron chi connectivity index (χ3n) is 5.08. The van der Waals surface area contributed by atoms with Gasteiger partial charge in [-0.2, -0.15) is 0 Å². The van der Waals surface area contributed by atoms with Crippen LogP contribution in [0, 0.1) is 0 Å². The van der Waals surface area contributed by atoms with Crippen LogP contribution in [-0.4, -0.2) is 54.6 Å². The van der Waals surface area contributed by atoms with Crippen LogP contribution in [0.25, 0.3) is 0 Å². The Morgan fingerprint density at radius 3 is 2.56 bits per heavy atom. The first-order chi connectivity index (χ1) is 12.0. The van der Waals surface area contributed by atoms with E-state index in [-0.39, 0.29) is 18.4 Å². The molecule has 0 bridgehead atoms. The molecule has 0 aromatic heterocycles. The highest BCUT2D eigenvalue weighted by Gasteiger charge is 2.40. The first-order valence-electron chi connectivity index (χ1n) is 9.02. The molecule has 1 aliphatic carbocycles. The van der Waals surface area contributed by atoms with Crippen molar-refractivity contribution in [2.24, 2.45) is 0 Å². The average Bonchev–Trinajstić information content (AvgIpc) is 2.65. The van der Waals surface area contributed by atoms with Crippen LogP contribution in [0.1, 0.15) is 25.3 Å². The van der Waals surface area contributed by atoms with E-state index in [2.05, 4.69) is 29.3 Å². The minimum Gasteiger partial charge on any atom is -0.395 e. The molecule has 1 aromatic rings. The molecular formula is C21H30N2O2. The number of likely N-dealkylation sites (N-methyl/N-ethyl adjacent to an activating group) is 1. The number of carbonyl (C=O) groups excluding carboxylic acids is 1. The SMILES string of the molecule is CCC(Cc1ccccc1)(C(=O)C1=CCC(NCCO)C=C1)N(C)C. The molecule has 136 valence electrons. The van der Waals surface area contributed by atoms with Gasteiger partial charge in [-0.1, -0.05) is 55.5 Å². The van der Waals surface area contributed by atoms with Crippen molar-refractivity contribution in [3.63, 3.8) is 0 Å². The van der Waals surface area contributed by atoms with Crippen molar-refractivity contribution >= 4 is 5.78 Å². The summed E-state index contributed by atoms with van der Waals surface area (Å²) in [6.45, 7) is 2.77. The van der Waals surface area contributed by atoms with E-state index < -0.39 is 5.54 Å². The van der Waals surface area contributed by atoms with Crippen molar-refractivity contribution in [1.82, 2.24) is 10.2 Å². The largest absolute Gasteiger partial charge is 0.395 e. The van der Waals surface area contributed by atoms with E-state index in [1.54, 1.807) is 0 Å². The second-order valence-electron chi connectivity index (χ2n) is 6.81. The van der Waals surface area contributed by atoms with Gasteiger partial charge >= 0.3 is 0 Å². The van der Waals surface area contributed by atoms with E-state index in [1.807, 2.05) is 50.5 Å². The second kappa shape index (κ2) is 9.09. The number of hydrogen-bond donors (Lipinski definition) is 2. The maximum Gasteiger partial charge on any atom is 0.183 e. The van der Waals surface area contributed by atoms with Crippen LogP contribution in [0.3, 0.4) is 0 Å². The fraction of sp³-hybridized carbons (Fsp3) is 0.476. The number of allylic oxidation sites excluding steroid dienone is 1. The van der Waals surface area contributed by atoms with E-state index in [4.69, 9.17) is 5.11 Å². The smallest absolute Gasteiger partial charge is 0.183 e. The summed E-state index contributed by atoms with van der Waals surface area (Å²) in [5.41, 5.74) is 1.42. The predicted molar refractivity (Wildman–Crippen MR) is 103 cm³/mol. The van der Waals surface area contributed by atoms with Gasteiger partial charge in [0.15, 0.2) is 5.78 Å². The number of aliphatic hydroxyl groups is 1. The number of hydrogen-bond acceptors (Lipinski definition) is 4. The third-order valence-corrected chi connectivity index (χ3v) is 5.08. The molecule has 4 nitrogen and oxygen atoms in total. The van der Waals surface area contributed by atoms with Crippen LogP contribution in [0.5, 0.6) is 0 Å². The molecule has 0 saturated heterocycles. The van der Waals surface area contributed by atoms with Gasteiger partial charge in [0, 0.05) is 18.2 Å². The van der Waals surface area contributed by atoms with Crippen LogP contribution in [0.15, 0.2) is 54.1 Å². The topological polar surface area (TPSA) is 52.6 Å². The van der Waals surface area contributed by atoms with E-state index in [1.165, 1.54) is 5.56 Å². The molecule has 0 amide bonds. The Balaban J connectivity index is 2.19. The third kappa shape index (κ3) is 4.66. The second-order valence-corrected chi connectivity index (χ2v) is 6.81. The van der Waals surface area contributed by atoms with Gasteiger partial charge in [-0.25, -0.2) is 0 Å². The fourth-order valence-electron chi connectivity index (χ4n) is 3.44. The molecule has 4 heteroatoms. The van der Waals surface area contributed by atoms with E-state index in [0.29, 0.717) is 13.0 Å². The summed E-state index contributed by atoms with van der Waals surface area (Å²) in [5.74, 6) is 0.181. The zero-order valence-corrected chi connectivity index (χ0v) is 15.5. The fourth-order valence-corrected chi connectivity index (χ4v) is 3.44. The minimum absolute atomic E-state index is 0.122. The quantitative estimate of drug-likeness (QED) is 0.723. The average molecular weight is 342 g/mol. The van der Waals surface area contributed by atoms with Crippen LogP contribution >= 0.6 is 0 Å². The van der Waals surface area contributed by atoms with Crippen molar-refractivity contribution in [2.75, 3.05) is 27.2 Å². The summed E-state index contributed by atoms with van der Waals surface area (Å²) in [6, 6.07) is 10.4. The Bertz CT molecular complexity index is 622. The number of carbonyl (C=O) groups is 1. The minimum atomic E-state index is -0.539. The number of benzene rings is 1. The number of rotatable bonds is 9. The van der Waals surface area contributed by atoms with Crippen LogP contribution < -0.4 is 5.32 Å². The molecule has 0 heterocycles. The zero-order valence-electron chi connectivity index (χ0n) is 15.5. The zero-order chi connectivity index (χ0) is 18.3. The number of ketones is 1. The Morgan fingerprint density at radius 2 is 2.04 bits per heavy atom. The van der Waals surface area contributed by atoms with E-state index in [9.17, 15) is 4.79 Å². The lowest BCUT2D eigenvalue weighted by molar-refractivity contribution is -0.125. The van der Waals surface area contributed by atoms with Crippen molar-refractivity contribution in [3.05, 3.63) is 59.7 Å². The standard InChI is InChI=1S/C21H30N2O2/c1-4-21(23(2)3,16-17-8-6-5-7-9-17)20(25)18-10-12-19(13-11-18)22-14-15-24/h5-12,19,22,24H,4,13-16H2,1-3H3. The molecule has 0 aliphatic heterocycles. The monoisotopic (exact) mass is 342 g/mol. The Labute approximate surface area is 151 Å². The van der Waals surface area contributed by atoms with Gasteiger partial charge in [0.2, 0.25) is 0 Å². The lowest BCUT2D eigenvalue weighted by Gasteiger charge is -2.39. The first kappa shape index (κ1) is 19.6. The highest BCUT2D eigenvalue weighted by Crippen LogP contribution is 2.29. The maximum atomic E-state index is 13.4. The van der Waals surface area contributed by atoms with Crippen molar-refractivity contribution in [1.29, 1.82) is 0 Å². The molecule has 1 aromatic carbocycles. The normalized spacial score (nSPS) is 19.6. The van der Waals surface area contributed by atoms with Gasteiger partial charge in [0.25, 0.3) is 0 Å². The molecule has 2 rings (SSSR count). The van der Waals surface area contributed by atoms with Crippen molar-refractivity contribution in [3.8, 4) is 0 Å². The van der Waals surface area contributed by atoms with Gasteiger partial charge < -0.3 is 10.4 Å². The molecule has 0 saturated carbocycles. The van der Waals surface area contributed by atoms with Gasteiger partial charge in [0.05, 0.1) is 12.1 Å². The molecule has 0 radical (unpaired) electrons. The number of nitrogens with zero attached hydrogens (tertiary/aromatic N) is 1. The van der Waals surface area contributed by atoms with E-state index in [0.717, 1.165) is 18.4 Å². The molecule has 0 spiro atoms. The summed E-state index contributed by atoms with van der Waals surface area (Å²) < 4.78 is 0. The van der Waals surface area contributed by atoms with Crippen LogP contribution in [-0.2, 0) is 11.2 Å². The molecule has 2 N–H and O–H groups in total.